The third-order valence-corrected chi connectivity index (χ3v) is 4.39. The number of ether oxygens (including phenoxy) is 5. The van der Waals surface area contributed by atoms with Crippen molar-refractivity contribution in [3.63, 3.8) is 0 Å². The van der Waals surface area contributed by atoms with E-state index in [-0.39, 0.29) is 26.0 Å². The lowest BCUT2D eigenvalue weighted by Gasteiger charge is -2.34. The Morgan fingerprint density at radius 1 is 0.962 bits per heavy atom. The Morgan fingerprint density at radius 3 is 2.23 bits per heavy atom. The van der Waals surface area contributed by atoms with Crippen molar-refractivity contribution in [3.05, 3.63) is 53.6 Å². The Labute approximate surface area is 152 Å². The lowest BCUT2D eigenvalue weighted by atomic mass is 9.75. The summed E-state index contributed by atoms with van der Waals surface area (Å²) < 4.78 is 26.5. The summed E-state index contributed by atoms with van der Waals surface area (Å²) in [5.74, 6) is 1.83. The molecule has 6 heteroatoms. The molecule has 0 saturated carbocycles. The van der Waals surface area contributed by atoms with E-state index in [0.717, 1.165) is 5.56 Å². The summed E-state index contributed by atoms with van der Waals surface area (Å²) in [4.78, 5) is 13.1. The highest BCUT2D eigenvalue weighted by molar-refractivity contribution is 6.07. The van der Waals surface area contributed by atoms with Gasteiger partial charge in [0.05, 0.1) is 11.0 Å². The molecule has 0 bridgehead atoms. The highest BCUT2D eigenvalue weighted by Crippen LogP contribution is 2.39. The molecule has 26 heavy (non-hydrogen) atoms. The number of hydrogen-bond donors (Lipinski definition) is 0. The van der Waals surface area contributed by atoms with Crippen LogP contribution in [0.2, 0.25) is 0 Å². The molecule has 1 unspecified atom stereocenters. The molecule has 1 aliphatic rings. The molecule has 3 rings (SSSR count). The minimum Gasteiger partial charge on any atom is -0.491 e. The van der Waals surface area contributed by atoms with Gasteiger partial charge in [0.2, 0.25) is 0 Å². The Kier molecular flexibility index (Phi) is 5.44. The van der Waals surface area contributed by atoms with Crippen LogP contribution in [0.15, 0.2) is 42.5 Å². The zero-order valence-electron chi connectivity index (χ0n) is 15.1. The molecule has 0 N–H and O–H groups in total. The first-order valence-corrected chi connectivity index (χ1v) is 8.24. The summed E-state index contributed by atoms with van der Waals surface area (Å²) in [6, 6.07) is 12.6. The van der Waals surface area contributed by atoms with Gasteiger partial charge in [0, 0.05) is 20.3 Å². The number of carbonyl (C=O) groups is 1. The SMILES string of the molecule is COCOc1ccc(C2(C)COc3cc(OCOC)ccc3C2=O)cc1. The minimum atomic E-state index is -0.762. The van der Waals surface area contributed by atoms with Crippen LogP contribution < -0.4 is 14.2 Å². The van der Waals surface area contributed by atoms with Crippen molar-refractivity contribution in [2.24, 2.45) is 0 Å². The Bertz CT molecular complexity index is 770. The van der Waals surface area contributed by atoms with E-state index in [2.05, 4.69) is 0 Å². The molecule has 1 atom stereocenters. The van der Waals surface area contributed by atoms with Crippen molar-refractivity contribution >= 4 is 5.78 Å². The predicted octanol–water partition coefficient (Wildman–Crippen LogP) is 3.19. The third kappa shape index (κ3) is 3.52. The number of ketones is 1. The summed E-state index contributed by atoms with van der Waals surface area (Å²) in [5.41, 5.74) is 0.655. The number of methoxy groups -OCH3 is 2. The molecular formula is C20H22O6. The maximum absolute atomic E-state index is 13.1. The largest absolute Gasteiger partial charge is 0.491 e. The fourth-order valence-corrected chi connectivity index (χ4v) is 2.87. The predicted molar refractivity (Wildman–Crippen MR) is 95.1 cm³/mol. The van der Waals surface area contributed by atoms with Gasteiger partial charge in [-0.05, 0) is 36.8 Å². The first-order valence-electron chi connectivity index (χ1n) is 8.24. The number of Topliss-reactive ketones (excluding diaryl/α,β-unsaturated/α-hetero) is 1. The van der Waals surface area contributed by atoms with E-state index in [9.17, 15) is 4.79 Å². The maximum atomic E-state index is 13.1. The van der Waals surface area contributed by atoms with Crippen LogP contribution in [0.25, 0.3) is 0 Å². The van der Waals surface area contributed by atoms with E-state index in [1.54, 1.807) is 32.4 Å². The fraction of sp³-hybridized carbons (Fsp3) is 0.350. The van der Waals surface area contributed by atoms with Crippen molar-refractivity contribution in [1.29, 1.82) is 0 Å². The molecular weight excluding hydrogens is 336 g/mol. The molecule has 0 radical (unpaired) electrons. The van der Waals surface area contributed by atoms with Crippen molar-refractivity contribution in [2.75, 3.05) is 34.4 Å². The van der Waals surface area contributed by atoms with Gasteiger partial charge in [-0.1, -0.05) is 12.1 Å². The summed E-state index contributed by atoms with van der Waals surface area (Å²) in [7, 11) is 3.12. The first kappa shape index (κ1) is 18.2. The van der Waals surface area contributed by atoms with Gasteiger partial charge in [-0.25, -0.2) is 0 Å². The molecule has 0 saturated heterocycles. The third-order valence-electron chi connectivity index (χ3n) is 4.39. The molecule has 0 spiro atoms. The highest BCUT2D eigenvalue weighted by Gasteiger charge is 2.41. The van der Waals surface area contributed by atoms with Crippen molar-refractivity contribution in [2.45, 2.75) is 12.3 Å². The van der Waals surface area contributed by atoms with E-state index < -0.39 is 5.41 Å². The molecule has 0 aromatic heterocycles. The molecule has 138 valence electrons. The van der Waals surface area contributed by atoms with Crippen LogP contribution in [-0.2, 0) is 14.9 Å². The molecule has 0 aliphatic carbocycles. The van der Waals surface area contributed by atoms with Crippen LogP contribution in [0.5, 0.6) is 17.2 Å². The van der Waals surface area contributed by atoms with Gasteiger partial charge < -0.3 is 23.7 Å². The van der Waals surface area contributed by atoms with Crippen molar-refractivity contribution < 1.29 is 28.5 Å². The van der Waals surface area contributed by atoms with Crippen LogP contribution in [0.4, 0.5) is 0 Å². The molecule has 0 amide bonds. The molecule has 6 nitrogen and oxygen atoms in total. The number of carbonyl (C=O) groups excluding carboxylic acids is 1. The highest BCUT2D eigenvalue weighted by atomic mass is 16.7. The molecule has 1 heterocycles. The van der Waals surface area contributed by atoms with Crippen LogP contribution in [0.1, 0.15) is 22.8 Å². The van der Waals surface area contributed by atoms with Gasteiger partial charge in [-0.15, -0.1) is 0 Å². The first-order chi connectivity index (χ1) is 12.6. The average molecular weight is 358 g/mol. The minimum absolute atomic E-state index is 0.0163. The van der Waals surface area contributed by atoms with Crippen molar-refractivity contribution in [3.8, 4) is 17.2 Å². The van der Waals surface area contributed by atoms with Crippen LogP contribution in [-0.4, -0.2) is 40.2 Å². The lowest BCUT2D eigenvalue weighted by Crippen LogP contribution is -2.42. The smallest absolute Gasteiger partial charge is 0.188 e. The number of fused-ring (bicyclic) bond motifs is 1. The van der Waals surface area contributed by atoms with Gasteiger partial charge in [0.1, 0.15) is 23.9 Å². The van der Waals surface area contributed by atoms with Crippen LogP contribution >= 0.6 is 0 Å². The number of rotatable bonds is 7. The van der Waals surface area contributed by atoms with E-state index in [4.69, 9.17) is 23.7 Å². The van der Waals surface area contributed by atoms with Gasteiger partial charge in [0.15, 0.2) is 19.4 Å². The average Bonchev–Trinajstić information content (AvgIpc) is 2.68. The summed E-state index contributed by atoms with van der Waals surface area (Å²) in [5, 5.41) is 0. The Balaban J connectivity index is 1.82. The number of hydrogen-bond acceptors (Lipinski definition) is 6. The van der Waals surface area contributed by atoms with E-state index >= 15 is 0 Å². The Morgan fingerprint density at radius 2 is 1.58 bits per heavy atom. The zero-order chi connectivity index (χ0) is 18.6. The second-order valence-corrected chi connectivity index (χ2v) is 6.23. The summed E-state index contributed by atoms with van der Waals surface area (Å²) >= 11 is 0. The quantitative estimate of drug-likeness (QED) is 0.709. The molecule has 1 aliphatic heterocycles. The second-order valence-electron chi connectivity index (χ2n) is 6.23. The summed E-state index contributed by atoms with van der Waals surface area (Å²) in [6.45, 7) is 2.46. The van der Waals surface area contributed by atoms with Gasteiger partial charge in [0.25, 0.3) is 0 Å². The van der Waals surface area contributed by atoms with E-state index in [1.807, 2.05) is 31.2 Å². The number of benzene rings is 2. The monoisotopic (exact) mass is 358 g/mol. The van der Waals surface area contributed by atoms with Crippen LogP contribution in [0, 0.1) is 0 Å². The molecule has 0 fully saturated rings. The standard InChI is InChI=1S/C20H22O6/c1-20(14-4-6-15(7-5-14)25-12-22-2)11-24-18-10-16(26-13-23-3)8-9-17(18)19(20)21/h4-10H,11-13H2,1-3H3. The molecule has 2 aromatic rings. The second kappa shape index (κ2) is 7.76. The summed E-state index contributed by atoms with van der Waals surface area (Å²) in [6.07, 6.45) is 0. The van der Waals surface area contributed by atoms with E-state index in [0.29, 0.717) is 22.8 Å². The van der Waals surface area contributed by atoms with E-state index in [1.165, 1.54) is 0 Å². The fourth-order valence-electron chi connectivity index (χ4n) is 2.87. The van der Waals surface area contributed by atoms with Crippen LogP contribution in [0.3, 0.4) is 0 Å². The van der Waals surface area contributed by atoms with Gasteiger partial charge in [-0.3, -0.25) is 4.79 Å². The van der Waals surface area contributed by atoms with Gasteiger partial charge in [-0.2, -0.15) is 0 Å². The zero-order valence-corrected chi connectivity index (χ0v) is 15.1. The Hall–Kier alpha value is -2.57. The molecule has 2 aromatic carbocycles. The maximum Gasteiger partial charge on any atom is 0.188 e. The van der Waals surface area contributed by atoms with Gasteiger partial charge >= 0.3 is 0 Å². The lowest BCUT2D eigenvalue weighted by molar-refractivity contribution is 0.0505. The normalized spacial score (nSPS) is 18.8. The van der Waals surface area contributed by atoms with Crippen molar-refractivity contribution in [1.82, 2.24) is 0 Å². The topological polar surface area (TPSA) is 63.2 Å².